The summed E-state index contributed by atoms with van der Waals surface area (Å²) in [6.07, 6.45) is 0.316. The van der Waals surface area contributed by atoms with Crippen LogP contribution in [0.4, 0.5) is 0 Å². The maximum atomic E-state index is 12.7. The van der Waals surface area contributed by atoms with Crippen molar-refractivity contribution in [2.24, 2.45) is 0 Å². The summed E-state index contributed by atoms with van der Waals surface area (Å²) in [6, 6.07) is 13.5. The molecule has 1 saturated heterocycles. The topological polar surface area (TPSA) is 49.9 Å². The van der Waals surface area contributed by atoms with Crippen LogP contribution in [0.1, 0.15) is 27.0 Å². The Balaban J connectivity index is 1.60. The largest absolute Gasteiger partial charge is 0.496 e. The highest BCUT2D eigenvalue weighted by atomic mass is 16.5. The predicted molar refractivity (Wildman–Crippen MR) is 105 cm³/mol. The minimum atomic E-state index is 0.0335. The molecule has 0 aliphatic carbocycles. The lowest BCUT2D eigenvalue weighted by molar-refractivity contribution is -0.131. The van der Waals surface area contributed by atoms with Gasteiger partial charge in [0.25, 0.3) is 5.91 Å². The second-order valence-electron chi connectivity index (χ2n) is 7.03. The molecule has 142 valence electrons. The summed E-state index contributed by atoms with van der Waals surface area (Å²) >= 11 is 0. The standard InChI is InChI=1S/C22H26N2O3/c1-16-5-4-6-18(13-16)22(26)24-11-9-23(10-12-24)21(25)15-19-14-17(2)7-8-20(19)27-3/h4-8,13-14H,9-12,15H2,1-3H3. The van der Waals surface area contributed by atoms with Crippen molar-refractivity contribution in [1.29, 1.82) is 0 Å². The number of hydrogen-bond donors (Lipinski definition) is 0. The summed E-state index contributed by atoms with van der Waals surface area (Å²) in [4.78, 5) is 29.0. The number of benzene rings is 2. The molecule has 0 aromatic heterocycles. The Morgan fingerprint density at radius 2 is 1.59 bits per heavy atom. The molecule has 1 heterocycles. The smallest absolute Gasteiger partial charge is 0.253 e. The summed E-state index contributed by atoms with van der Waals surface area (Å²) in [5, 5.41) is 0. The highest BCUT2D eigenvalue weighted by Gasteiger charge is 2.25. The molecular formula is C22H26N2O3. The third-order valence-corrected chi connectivity index (χ3v) is 4.96. The predicted octanol–water partition coefficient (Wildman–Crippen LogP) is 2.84. The van der Waals surface area contributed by atoms with Crippen LogP contribution < -0.4 is 4.74 Å². The molecule has 0 atom stereocenters. The molecule has 2 amide bonds. The van der Waals surface area contributed by atoms with E-state index in [1.54, 1.807) is 7.11 Å². The van der Waals surface area contributed by atoms with E-state index in [0.29, 0.717) is 38.2 Å². The molecule has 1 aliphatic rings. The van der Waals surface area contributed by atoms with Crippen LogP contribution in [0, 0.1) is 13.8 Å². The van der Waals surface area contributed by atoms with Crippen LogP contribution in [-0.4, -0.2) is 54.9 Å². The van der Waals surface area contributed by atoms with Crippen molar-refractivity contribution in [2.45, 2.75) is 20.3 Å². The van der Waals surface area contributed by atoms with Crippen LogP contribution in [0.3, 0.4) is 0 Å². The van der Waals surface area contributed by atoms with Crippen molar-refractivity contribution in [1.82, 2.24) is 9.80 Å². The first kappa shape index (κ1) is 19.0. The highest BCUT2D eigenvalue weighted by Crippen LogP contribution is 2.21. The molecule has 2 aromatic carbocycles. The fraction of sp³-hybridized carbons (Fsp3) is 0.364. The zero-order chi connectivity index (χ0) is 19.4. The summed E-state index contributed by atoms with van der Waals surface area (Å²) in [6.45, 7) is 6.22. The van der Waals surface area contributed by atoms with Crippen LogP contribution >= 0.6 is 0 Å². The van der Waals surface area contributed by atoms with Gasteiger partial charge in [0, 0.05) is 37.3 Å². The average Bonchev–Trinajstić information content (AvgIpc) is 2.67. The number of methoxy groups -OCH3 is 1. The van der Waals surface area contributed by atoms with E-state index in [4.69, 9.17) is 4.74 Å². The van der Waals surface area contributed by atoms with E-state index in [0.717, 1.165) is 22.4 Å². The Labute approximate surface area is 160 Å². The third kappa shape index (κ3) is 4.48. The number of ether oxygens (including phenoxy) is 1. The summed E-state index contributed by atoms with van der Waals surface area (Å²) in [5.74, 6) is 0.843. The molecule has 0 spiro atoms. The van der Waals surface area contributed by atoms with Crippen molar-refractivity contribution in [3.63, 3.8) is 0 Å². The summed E-state index contributed by atoms with van der Waals surface area (Å²) < 4.78 is 5.37. The van der Waals surface area contributed by atoms with Crippen molar-refractivity contribution in [2.75, 3.05) is 33.3 Å². The van der Waals surface area contributed by atoms with E-state index in [9.17, 15) is 9.59 Å². The van der Waals surface area contributed by atoms with Crippen LogP contribution in [0.5, 0.6) is 5.75 Å². The number of carbonyl (C=O) groups excluding carboxylic acids is 2. The zero-order valence-corrected chi connectivity index (χ0v) is 16.2. The van der Waals surface area contributed by atoms with Gasteiger partial charge in [0.2, 0.25) is 5.91 Å². The molecule has 3 rings (SSSR count). The van der Waals surface area contributed by atoms with Crippen LogP contribution in [0.2, 0.25) is 0 Å². The number of amides is 2. The molecule has 5 nitrogen and oxygen atoms in total. The minimum Gasteiger partial charge on any atom is -0.496 e. The quantitative estimate of drug-likeness (QED) is 0.836. The third-order valence-electron chi connectivity index (χ3n) is 4.96. The molecule has 1 fully saturated rings. The summed E-state index contributed by atoms with van der Waals surface area (Å²) in [7, 11) is 1.62. The van der Waals surface area contributed by atoms with Gasteiger partial charge in [-0.2, -0.15) is 0 Å². The second kappa shape index (κ2) is 8.25. The monoisotopic (exact) mass is 366 g/mol. The van der Waals surface area contributed by atoms with Gasteiger partial charge in [-0.25, -0.2) is 0 Å². The van der Waals surface area contributed by atoms with E-state index in [-0.39, 0.29) is 11.8 Å². The van der Waals surface area contributed by atoms with Gasteiger partial charge in [-0.05, 0) is 32.0 Å². The van der Waals surface area contributed by atoms with Crippen molar-refractivity contribution in [3.8, 4) is 5.75 Å². The first-order chi connectivity index (χ1) is 13.0. The van der Waals surface area contributed by atoms with Gasteiger partial charge >= 0.3 is 0 Å². The molecule has 0 N–H and O–H groups in total. The molecule has 1 aliphatic heterocycles. The van der Waals surface area contributed by atoms with Gasteiger partial charge in [0.1, 0.15) is 5.75 Å². The van der Waals surface area contributed by atoms with Crippen LogP contribution in [0.25, 0.3) is 0 Å². The zero-order valence-electron chi connectivity index (χ0n) is 16.2. The Bertz CT molecular complexity index is 839. The number of aryl methyl sites for hydroxylation is 2. The van der Waals surface area contributed by atoms with E-state index < -0.39 is 0 Å². The van der Waals surface area contributed by atoms with Crippen LogP contribution in [0.15, 0.2) is 42.5 Å². The van der Waals surface area contributed by atoms with Gasteiger partial charge in [-0.1, -0.05) is 35.4 Å². The SMILES string of the molecule is COc1ccc(C)cc1CC(=O)N1CCN(C(=O)c2cccc(C)c2)CC1. The Kier molecular flexibility index (Phi) is 5.79. The number of piperazine rings is 1. The first-order valence-electron chi connectivity index (χ1n) is 9.25. The van der Waals surface area contributed by atoms with Gasteiger partial charge in [-0.3, -0.25) is 9.59 Å². The number of carbonyl (C=O) groups is 2. The fourth-order valence-electron chi connectivity index (χ4n) is 3.44. The fourth-order valence-corrected chi connectivity index (χ4v) is 3.44. The van der Waals surface area contributed by atoms with E-state index in [2.05, 4.69) is 0 Å². The number of hydrogen-bond acceptors (Lipinski definition) is 3. The Morgan fingerprint density at radius 3 is 2.26 bits per heavy atom. The highest BCUT2D eigenvalue weighted by molar-refractivity contribution is 5.94. The van der Waals surface area contributed by atoms with Gasteiger partial charge in [-0.15, -0.1) is 0 Å². The summed E-state index contributed by atoms with van der Waals surface area (Å²) in [5.41, 5.74) is 3.79. The molecule has 0 bridgehead atoms. The van der Waals surface area contributed by atoms with E-state index >= 15 is 0 Å². The second-order valence-corrected chi connectivity index (χ2v) is 7.03. The minimum absolute atomic E-state index is 0.0335. The molecule has 27 heavy (non-hydrogen) atoms. The lowest BCUT2D eigenvalue weighted by Gasteiger charge is -2.35. The average molecular weight is 366 g/mol. The van der Waals surface area contributed by atoms with Gasteiger partial charge < -0.3 is 14.5 Å². The van der Waals surface area contributed by atoms with Crippen molar-refractivity contribution >= 4 is 11.8 Å². The van der Waals surface area contributed by atoms with E-state index in [1.165, 1.54) is 0 Å². The molecule has 0 radical (unpaired) electrons. The van der Waals surface area contributed by atoms with Gasteiger partial charge in [0.15, 0.2) is 0 Å². The van der Waals surface area contributed by atoms with E-state index in [1.807, 2.05) is 66.1 Å². The first-order valence-corrected chi connectivity index (χ1v) is 9.25. The molecule has 2 aromatic rings. The molecule has 0 unspecified atom stereocenters. The molecular weight excluding hydrogens is 340 g/mol. The lowest BCUT2D eigenvalue weighted by Crippen LogP contribution is -2.51. The van der Waals surface area contributed by atoms with Gasteiger partial charge in [0.05, 0.1) is 13.5 Å². The maximum Gasteiger partial charge on any atom is 0.253 e. The molecule has 5 heteroatoms. The molecule has 0 saturated carbocycles. The number of rotatable bonds is 4. The maximum absolute atomic E-state index is 12.7. The Hall–Kier alpha value is -2.82. The Morgan fingerprint density at radius 1 is 0.926 bits per heavy atom. The number of nitrogens with zero attached hydrogens (tertiary/aromatic N) is 2. The van der Waals surface area contributed by atoms with Crippen LogP contribution in [-0.2, 0) is 11.2 Å². The normalized spacial score (nSPS) is 14.2. The van der Waals surface area contributed by atoms with Crippen molar-refractivity contribution < 1.29 is 14.3 Å². The van der Waals surface area contributed by atoms with Crippen molar-refractivity contribution in [3.05, 3.63) is 64.7 Å². The lowest BCUT2D eigenvalue weighted by atomic mass is 10.1.